The summed E-state index contributed by atoms with van der Waals surface area (Å²) in [6.45, 7) is 0.956. The molecular formula is C17H19Cl2N. The summed E-state index contributed by atoms with van der Waals surface area (Å²) < 4.78 is 0. The Labute approximate surface area is 130 Å². The van der Waals surface area contributed by atoms with E-state index in [1.54, 1.807) is 0 Å². The van der Waals surface area contributed by atoms with Crippen molar-refractivity contribution in [1.82, 2.24) is 5.32 Å². The molecule has 0 aliphatic heterocycles. The van der Waals surface area contributed by atoms with Crippen molar-refractivity contribution in [2.45, 2.75) is 12.8 Å². The zero-order valence-electron chi connectivity index (χ0n) is 11.6. The third kappa shape index (κ3) is 4.52. The molecule has 0 aromatic heterocycles. The molecule has 0 aliphatic rings. The standard InChI is InChI=1S/C17H19Cl2N/c1-20-12-14(9-13-5-3-2-4-6-13)10-15-11-16(18)7-8-17(15)19/h2-8,11,14,20H,9-10,12H2,1H3. The average Bonchev–Trinajstić information content (AvgIpc) is 2.44. The fourth-order valence-electron chi connectivity index (χ4n) is 2.46. The van der Waals surface area contributed by atoms with Gasteiger partial charge in [0, 0.05) is 10.0 Å². The highest BCUT2D eigenvalue weighted by Gasteiger charge is 2.12. The summed E-state index contributed by atoms with van der Waals surface area (Å²) in [6, 6.07) is 16.2. The number of hydrogen-bond donors (Lipinski definition) is 1. The molecule has 1 nitrogen and oxygen atoms in total. The molecule has 1 unspecified atom stereocenters. The third-order valence-electron chi connectivity index (χ3n) is 3.38. The molecule has 1 N–H and O–H groups in total. The van der Waals surface area contributed by atoms with Gasteiger partial charge in [-0.25, -0.2) is 0 Å². The molecule has 2 aromatic rings. The van der Waals surface area contributed by atoms with Gasteiger partial charge in [-0.1, -0.05) is 53.5 Å². The van der Waals surface area contributed by atoms with Crippen LogP contribution in [-0.4, -0.2) is 13.6 Å². The molecule has 3 heteroatoms. The van der Waals surface area contributed by atoms with E-state index in [9.17, 15) is 0 Å². The molecule has 0 heterocycles. The van der Waals surface area contributed by atoms with Crippen LogP contribution in [0.15, 0.2) is 48.5 Å². The van der Waals surface area contributed by atoms with E-state index in [-0.39, 0.29) is 0 Å². The maximum Gasteiger partial charge on any atom is 0.0439 e. The van der Waals surface area contributed by atoms with Crippen molar-refractivity contribution in [3.8, 4) is 0 Å². The average molecular weight is 308 g/mol. The molecule has 0 radical (unpaired) electrons. The third-order valence-corrected chi connectivity index (χ3v) is 3.98. The van der Waals surface area contributed by atoms with Crippen molar-refractivity contribution in [2.75, 3.05) is 13.6 Å². The minimum absolute atomic E-state index is 0.498. The van der Waals surface area contributed by atoms with Gasteiger partial charge in [0.15, 0.2) is 0 Å². The predicted molar refractivity (Wildman–Crippen MR) is 87.7 cm³/mol. The van der Waals surface area contributed by atoms with Crippen LogP contribution >= 0.6 is 23.2 Å². The molecule has 2 rings (SSSR count). The van der Waals surface area contributed by atoms with Gasteiger partial charge in [-0.2, -0.15) is 0 Å². The lowest BCUT2D eigenvalue weighted by molar-refractivity contribution is 0.493. The molecular weight excluding hydrogens is 289 g/mol. The lowest BCUT2D eigenvalue weighted by Gasteiger charge is -2.18. The smallest absolute Gasteiger partial charge is 0.0439 e. The maximum absolute atomic E-state index is 6.26. The molecule has 0 saturated carbocycles. The van der Waals surface area contributed by atoms with Crippen molar-refractivity contribution in [3.63, 3.8) is 0 Å². The summed E-state index contributed by atoms with van der Waals surface area (Å²) in [6.07, 6.45) is 1.96. The molecule has 1 atom stereocenters. The van der Waals surface area contributed by atoms with Crippen LogP contribution in [-0.2, 0) is 12.8 Å². The number of rotatable bonds is 6. The highest BCUT2D eigenvalue weighted by molar-refractivity contribution is 6.33. The van der Waals surface area contributed by atoms with Crippen LogP contribution in [0.5, 0.6) is 0 Å². The van der Waals surface area contributed by atoms with E-state index < -0.39 is 0 Å². The van der Waals surface area contributed by atoms with Gasteiger partial charge in [0.05, 0.1) is 0 Å². The van der Waals surface area contributed by atoms with Crippen LogP contribution in [0.25, 0.3) is 0 Å². The molecule has 0 spiro atoms. The van der Waals surface area contributed by atoms with E-state index in [0.29, 0.717) is 5.92 Å². The fourth-order valence-corrected chi connectivity index (χ4v) is 2.85. The predicted octanol–water partition coefficient (Wildman–Crippen LogP) is 4.61. The molecule has 0 bridgehead atoms. The zero-order valence-corrected chi connectivity index (χ0v) is 13.1. The summed E-state index contributed by atoms with van der Waals surface area (Å²) in [5.41, 5.74) is 2.47. The van der Waals surface area contributed by atoms with Crippen molar-refractivity contribution in [1.29, 1.82) is 0 Å². The van der Waals surface area contributed by atoms with Gasteiger partial charge in [0.25, 0.3) is 0 Å². The van der Waals surface area contributed by atoms with Crippen molar-refractivity contribution < 1.29 is 0 Å². The van der Waals surface area contributed by atoms with Gasteiger partial charge in [-0.15, -0.1) is 0 Å². The van der Waals surface area contributed by atoms with Crippen molar-refractivity contribution in [2.24, 2.45) is 5.92 Å². The van der Waals surface area contributed by atoms with Gasteiger partial charge in [0.2, 0.25) is 0 Å². The first kappa shape index (κ1) is 15.4. The van der Waals surface area contributed by atoms with Gasteiger partial charge in [0.1, 0.15) is 0 Å². The maximum atomic E-state index is 6.26. The van der Waals surface area contributed by atoms with E-state index >= 15 is 0 Å². The lowest BCUT2D eigenvalue weighted by atomic mass is 9.92. The van der Waals surface area contributed by atoms with Gasteiger partial charge >= 0.3 is 0 Å². The molecule has 106 valence electrons. The van der Waals surface area contributed by atoms with E-state index in [0.717, 1.165) is 35.0 Å². The van der Waals surface area contributed by atoms with E-state index in [1.165, 1.54) is 5.56 Å². The normalized spacial score (nSPS) is 12.3. The number of hydrogen-bond acceptors (Lipinski definition) is 1. The molecule has 0 aliphatic carbocycles. The van der Waals surface area contributed by atoms with Gasteiger partial charge in [-0.05, 0) is 61.7 Å². The van der Waals surface area contributed by atoms with Crippen LogP contribution in [0.2, 0.25) is 10.0 Å². The minimum Gasteiger partial charge on any atom is -0.319 e. The first-order valence-electron chi connectivity index (χ1n) is 6.81. The monoisotopic (exact) mass is 307 g/mol. The van der Waals surface area contributed by atoms with Gasteiger partial charge in [-0.3, -0.25) is 0 Å². The van der Waals surface area contributed by atoms with Crippen molar-refractivity contribution >= 4 is 23.2 Å². The number of benzene rings is 2. The Bertz CT molecular complexity index is 540. The van der Waals surface area contributed by atoms with E-state index in [2.05, 4.69) is 29.6 Å². The van der Waals surface area contributed by atoms with Gasteiger partial charge < -0.3 is 5.32 Å². The molecule has 0 saturated heterocycles. The van der Waals surface area contributed by atoms with Crippen LogP contribution < -0.4 is 5.32 Å². The fraction of sp³-hybridized carbons (Fsp3) is 0.294. The zero-order chi connectivity index (χ0) is 14.4. The Morgan fingerprint density at radius 3 is 2.45 bits per heavy atom. The summed E-state index contributed by atoms with van der Waals surface area (Å²) in [7, 11) is 1.98. The Kier molecular flexibility index (Phi) is 5.90. The van der Waals surface area contributed by atoms with Crippen LogP contribution in [0.1, 0.15) is 11.1 Å². The van der Waals surface area contributed by atoms with E-state index in [4.69, 9.17) is 23.2 Å². The summed E-state index contributed by atoms with van der Waals surface area (Å²) >= 11 is 12.3. The quantitative estimate of drug-likeness (QED) is 0.821. The Balaban J connectivity index is 2.11. The SMILES string of the molecule is CNCC(Cc1ccccc1)Cc1cc(Cl)ccc1Cl. The van der Waals surface area contributed by atoms with E-state index in [1.807, 2.05) is 31.3 Å². The highest BCUT2D eigenvalue weighted by Crippen LogP contribution is 2.24. The Morgan fingerprint density at radius 2 is 1.75 bits per heavy atom. The van der Waals surface area contributed by atoms with Crippen molar-refractivity contribution in [3.05, 3.63) is 69.7 Å². The molecule has 0 amide bonds. The Morgan fingerprint density at radius 1 is 1.00 bits per heavy atom. The second kappa shape index (κ2) is 7.68. The van der Waals surface area contributed by atoms with Crippen LogP contribution in [0, 0.1) is 5.92 Å². The number of nitrogens with one attached hydrogen (secondary N) is 1. The van der Waals surface area contributed by atoms with Crippen LogP contribution in [0.4, 0.5) is 0 Å². The van der Waals surface area contributed by atoms with Crippen LogP contribution in [0.3, 0.4) is 0 Å². The second-order valence-corrected chi connectivity index (χ2v) is 5.90. The molecule has 0 fully saturated rings. The summed E-state index contributed by atoms with van der Waals surface area (Å²) in [5, 5.41) is 4.80. The minimum atomic E-state index is 0.498. The highest BCUT2D eigenvalue weighted by atomic mass is 35.5. The first-order valence-corrected chi connectivity index (χ1v) is 7.57. The lowest BCUT2D eigenvalue weighted by Crippen LogP contribution is -2.23. The first-order chi connectivity index (χ1) is 9.69. The largest absolute Gasteiger partial charge is 0.319 e. The molecule has 2 aromatic carbocycles. The molecule has 20 heavy (non-hydrogen) atoms. The Hall–Kier alpha value is -1.02. The summed E-state index contributed by atoms with van der Waals surface area (Å²) in [5.74, 6) is 0.498. The second-order valence-electron chi connectivity index (χ2n) is 5.05. The summed E-state index contributed by atoms with van der Waals surface area (Å²) in [4.78, 5) is 0. The topological polar surface area (TPSA) is 12.0 Å². The number of halogens is 2.